The Labute approximate surface area is 117 Å². The lowest BCUT2D eigenvalue weighted by molar-refractivity contribution is -0.120. The molecule has 2 rings (SSSR count). The van der Waals surface area contributed by atoms with Gasteiger partial charge in [0.25, 0.3) is 5.91 Å². The lowest BCUT2D eigenvalue weighted by Crippen LogP contribution is -2.34. The molecule has 1 aromatic carbocycles. The summed E-state index contributed by atoms with van der Waals surface area (Å²) in [7, 11) is 0. The van der Waals surface area contributed by atoms with E-state index in [1.807, 2.05) is 6.92 Å². The third kappa shape index (κ3) is 3.40. The fraction of sp³-hybridized carbons (Fsp3) is 0.429. The van der Waals surface area contributed by atoms with Gasteiger partial charge in [0, 0.05) is 43.4 Å². The number of amides is 2. The van der Waals surface area contributed by atoms with Crippen LogP contribution in [0.1, 0.15) is 23.7 Å². The van der Waals surface area contributed by atoms with E-state index >= 15 is 0 Å². The molecule has 0 aliphatic carbocycles. The minimum Gasteiger partial charge on any atom is -0.494 e. The summed E-state index contributed by atoms with van der Waals surface area (Å²) in [4.78, 5) is 25.4. The van der Waals surface area contributed by atoms with Gasteiger partial charge in [-0.1, -0.05) is 0 Å². The summed E-state index contributed by atoms with van der Waals surface area (Å²) in [5.74, 6) is 0.428. The summed E-state index contributed by atoms with van der Waals surface area (Å²) in [6.45, 7) is 3.79. The van der Waals surface area contributed by atoms with Crippen molar-refractivity contribution in [1.82, 2.24) is 10.2 Å². The van der Waals surface area contributed by atoms with Crippen LogP contribution in [0.15, 0.2) is 18.2 Å². The first kappa shape index (κ1) is 14.2. The molecule has 0 atom stereocenters. The Bertz CT molecular complexity index is 516. The number of anilines is 1. The van der Waals surface area contributed by atoms with Crippen LogP contribution < -0.4 is 15.8 Å². The zero-order valence-electron chi connectivity index (χ0n) is 11.5. The number of nitrogens with two attached hydrogens (primary N) is 1. The van der Waals surface area contributed by atoms with E-state index in [-0.39, 0.29) is 11.8 Å². The van der Waals surface area contributed by atoms with E-state index in [0.717, 1.165) is 0 Å². The van der Waals surface area contributed by atoms with Gasteiger partial charge in [-0.25, -0.2) is 0 Å². The Hall–Kier alpha value is -2.24. The molecule has 20 heavy (non-hydrogen) atoms. The Morgan fingerprint density at radius 3 is 2.95 bits per heavy atom. The highest BCUT2D eigenvalue weighted by Gasteiger charge is 2.20. The summed E-state index contributed by atoms with van der Waals surface area (Å²) in [6, 6.07) is 5.00. The van der Waals surface area contributed by atoms with Crippen molar-refractivity contribution in [3.05, 3.63) is 23.8 Å². The van der Waals surface area contributed by atoms with Crippen LogP contribution in [-0.2, 0) is 4.79 Å². The molecule has 1 aliphatic heterocycles. The van der Waals surface area contributed by atoms with Gasteiger partial charge in [-0.2, -0.15) is 0 Å². The van der Waals surface area contributed by atoms with Crippen LogP contribution in [-0.4, -0.2) is 43.0 Å². The maximum Gasteiger partial charge on any atom is 0.254 e. The zero-order valence-corrected chi connectivity index (χ0v) is 11.5. The Balaban J connectivity index is 2.17. The average Bonchev–Trinajstić information content (AvgIpc) is 2.62. The summed E-state index contributed by atoms with van der Waals surface area (Å²) in [5, 5.41) is 2.74. The van der Waals surface area contributed by atoms with Gasteiger partial charge in [-0.15, -0.1) is 0 Å². The second-order valence-electron chi connectivity index (χ2n) is 4.62. The van der Waals surface area contributed by atoms with Crippen LogP contribution in [0.4, 0.5) is 5.69 Å². The molecule has 1 aliphatic rings. The summed E-state index contributed by atoms with van der Waals surface area (Å²) >= 11 is 0. The number of nitrogens with zero attached hydrogens (tertiary/aromatic N) is 1. The van der Waals surface area contributed by atoms with Crippen molar-refractivity contribution < 1.29 is 14.3 Å². The van der Waals surface area contributed by atoms with Crippen molar-refractivity contribution in [2.45, 2.75) is 13.3 Å². The first-order valence-electron chi connectivity index (χ1n) is 6.69. The lowest BCUT2D eigenvalue weighted by atomic mass is 10.1. The smallest absolute Gasteiger partial charge is 0.254 e. The molecule has 0 unspecified atom stereocenters. The van der Waals surface area contributed by atoms with E-state index in [9.17, 15) is 9.59 Å². The van der Waals surface area contributed by atoms with Crippen molar-refractivity contribution in [2.24, 2.45) is 0 Å². The normalized spacial score (nSPS) is 15.4. The van der Waals surface area contributed by atoms with Crippen molar-refractivity contribution in [1.29, 1.82) is 0 Å². The molecule has 1 aromatic rings. The van der Waals surface area contributed by atoms with Crippen LogP contribution in [0.2, 0.25) is 0 Å². The van der Waals surface area contributed by atoms with Gasteiger partial charge in [0.15, 0.2) is 0 Å². The molecule has 0 radical (unpaired) electrons. The van der Waals surface area contributed by atoms with Gasteiger partial charge in [0.1, 0.15) is 5.75 Å². The fourth-order valence-corrected chi connectivity index (χ4v) is 2.15. The van der Waals surface area contributed by atoms with E-state index in [1.54, 1.807) is 23.1 Å². The van der Waals surface area contributed by atoms with Crippen LogP contribution in [0.25, 0.3) is 0 Å². The predicted octanol–water partition coefficient (Wildman–Crippen LogP) is 0.630. The number of nitrogen functional groups attached to an aromatic ring is 1. The molecule has 1 saturated heterocycles. The first-order chi connectivity index (χ1) is 9.60. The second kappa shape index (κ2) is 6.27. The maximum absolute atomic E-state index is 12.4. The highest BCUT2D eigenvalue weighted by molar-refractivity contribution is 5.96. The standard InChI is InChI=1S/C14H19N3O3/c1-2-20-12-8-10(7-11(15)9-12)14(19)17-5-3-13(18)16-4-6-17/h7-9H,2-6,15H2,1H3,(H,16,18). The van der Waals surface area contributed by atoms with E-state index in [1.165, 1.54) is 0 Å². The summed E-state index contributed by atoms with van der Waals surface area (Å²) < 4.78 is 5.39. The number of rotatable bonds is 3. The molecule has 0 saturated carbocycles. The van der Waals surface area contributed by atoms with Gasteiger partial charge in [-0.3, -0.25) is 9.59 Å². The molecular formula is C14H19N3O3. The first-order valence-corrected chi connectivity index (χ1v) is 6.69. The van der Waals surface area contributed by atoms with Crippen molar-refractivity contribution in [2.75, 3.05) is 32.0 Å². The molecule has 1 heterocycles. The monoisotopic (exact) mass is 277 g/mol. The van der Waals surface area contributed by atoms with Crippen LogP contribution in [0.5, 0.6) is 5.75 Å². The zero-order chi connectivity index (χ0) is 14.5. The minimum absolute atomic E-state index is 0.0251. The van der Waals surface area contributed by atoms with Crippen LogP contribution in [0.3, 0.4) is 0 Å². The van der Waals surface area contributed by atoms with E-state index in [4.69, 9.17) is 10.5 Å². The molecule has 0 spiro atoms. The van der Waals surface area contributed by atoms with Crippen molar-refractivity contribution in [3.8, 4) is 5.75 Å². The van der Waals surface area contributed by atoms with Crippen molar-refractivity contribution >= 4 is 17.5 Å². The maximum atomic E-state index is 12.4. The predicted molar refractivity (Wildman–Crippen MR) is 75.6 cm³/mol. The molecule has 0 bridgehead atoms. The molecule has 2 amide bonds. The van der Waals surface area contributed by atoms with E-state index in [0.29, 0.717) is 49.7 Å². The third-order valence-corrected chi connectivity index (χ3v) is 3.09. The fourth-order valence-electron chi connectivity index (χ4n) is 2.15. The number of nitrogens with one attached hydrogen (secondary N) is 1. The number of hydrogen-bond donors (Lipinski definition) is 2. The highest BCUT2D eigenvalue weighted by Crippen LogP contribution is 2.20. The van der Waals surface area contributed by atoms with Crippen LogP contribution in [0, 0.1) is 0 Å². The van der Waals surface area contributed by atoms with Gasteiger partial charge in [-0.05, 0) is 19.1 Å². The summed E-state index contributed by atoms with van der Waals surface area (Å²) in [6.07, 6.45) is 0.326. The SMILES string of the molecule is CCOc1cc(N)cc(C(=O)N2CCNC(=O)CC2)c1. The molecule has 108 valence electrons. The molecule has 0 aromatic heterocycles. The highest BCUT2D eigenvalue weighted by atomic mass is 16.5. The van der Waals surface area contributed by atoms with Crippen LogP contribution >= 0.6 is 0 Å². The Morgan fingerprint density at radius 2 is 2.20 bits per heavy atom. The lowest BCUT2D eigenvalue weighted by Gasteiger charge is -2.20. The minimum atomic E-state index is -0.130. The van der Waals surface area contributed by atoms with E-state index in [2.05, 4.69) is 5.32 Å². The van der Waals surface area contributed by atoms with Gasteiger partial charge in [0.05, 0.1) is 6.61 Å². The number of carbonyl (C=O) groups excluding carboxylic acids is 2. The van der Waals surface area contributed by atoms with Gasteiger partial charge < -0.3 is 20.7 Å². The molecule has 6 nitrogen and oxygen atoms in total. The largest absolute Gasteiger partial charge is 0.494 e. The van der Waals surface area contributed by atoms with Gasteiger partial charge >= 0.3 is 0 Å². The van der Waals surface area contributed by atoms with E-state index < -0.39 is 0 Å². The number of hydrogen-bond acceptors (Lipinski definition) is 4. The second-order valence-corrected chi connectivity index (χ2v) is 4.62. The van der Waals surface area contributed by atoms with Gasteiger partial charge in [0.2, 0.25) is 5.91 Å². The topological polar surface area (TPSA) is 84.7 Å². The van der Waals surface area contributed by atoms with Crippen molar-refractivity contribution in [3.63, 3.8) is 0 Å². The third-order valence-electron chi connectivity index (χ3n) is 3.09. The quantitative estimate of drug-likeness (QED) is 0.794. The average molecular weight is 277 g/mol. The Morgan fingerprint density at radius 1 is 1.40 bits per heavy atom. The number of ether oxygens (including phenoxy) is 1. The molecular weight excluding hydrogens is 258 g/mol. The number of benzene rings is 1. The molecule has 1 fully saturated rings. The summed E-state index contributed by atoms with van der Waals surface area (Å²) in [5.41, 5.74) is 6.77. The number of carbonyl (C=O) groups is 2. The molecule has 6 heteroatoms. The Kier molecular flexibility index (Phi) is 4.45. The molecule has 3 N–H and O–H groups in total.